The molecular weight excluding hydrogens is 687 g/mol. The van der Waals surface area contributed by atoms with Crippen LogP contribution in [-0.4, -0.2) is 25.2 Å². The van der Waals surface area contributed by atoms with Gasteiger partial charge in [-0.1, -0.05) is 89.7 Å². The van der Waals surface area contributed by atoms with Crippen molar-refractivity contribution in [1.29, 1.82) is 0 Å². The van der Waals surface area contributed by atoms with Crippen molar-refractivity contribution in [3.05, 3.63) is 138 Å². The number of nitrogens with zero attached hydrogens (tertiary/aromatic N) is 2. The Kier molecular flexibility index (Phi) is 13.6. The lowest BCUT2D eigenvalue weighted by Crippen LogP contribution is -2.33. The summed E-state index contributed by atoms with van der Waals surface area (Å²) in [5.41, 5.74) is 5.94. The number of carbonyl (C=O) groups excluding carboxylic acids is 2. The second-order valence-corrected chi connectivity index (χ2v) is 15.4. The molecule has 5 rings (SSSR count). The standard InChI is InChI=1S/C47H53N3O5/c1-33(2)44(51)54-31-13-9-8-12-30-53-38-26-18-35(19-27-38)45(52)55-39-24-16-34(17-25-39)32-48-42-28-29-43(41-15-11-10-14-40(41)42)50-49-37-22-20-36(21-23-37)47(6,7)46(3,4)5/h10-11,14-29,48H,1,8-9,12-13,30-32H2,2-7H3. The molecule has 0 aliphatic carbocycles. The number of nitrogens with one attached hydrogen (secondary N) is 1. The number of azo groups is 1. The summed E-state index contributed by atoms with van der Waals surface area (Å²) in [7, 11) is 0. The van der Waals surface area contributed by atoms with Crippen molar-refractivity contribution in [2.24, 2.45) is 15.6 Å². The van der Waals surface area contributed by atoms with E-state index in [0.29, 0.717) is 42.4 Å². The van der Waals surface area contributed by atoms with Gasteiger partial charge in [0.15, 0.2) is 0 Å². The molecule has 0 saturated carbocycles. The summed E-state index contributed by atoms with van der Waals surface area (Å²) in [5.74, 6) is 0.382. The molecule has 0 spiro atoms. The van der Waals surface area contributed by atoms with E-state index in [0.717, 1.165) is 59.1 Å². The average Bonchev–Trinajstić information content (AvgIpc) is 3.17. The summed E-state index contributed by atoms with van der Waals surface area (Å²) < 4.78 is 16.6. The third-order valence-electron chi connectivity index (χ3n) is 10.2. The molecule has 0 fully saturated rings. The van der Waals surface area contributed by atoms with Crippen molar-refractivity contribution in [2.45, 2.75) is 79.2 Å². The molecule has 0 aliphatic rings. The molecule has 0 bridgehead atoms. The highest BCUT2D eigenvalue weighted by Crippen LogP contribution is 2.41. The molecule has 5 aromatic carbocycles. The van der Waals surface area contributed by atoms with Crippen molar-refractivity contribution in [1.82, 2.24) is 0 Å². The van der Waals surface area contributed by atoms with E-state index in [1.54, 1.807) is 43.3 Å². The Morgan fingerprint density at radius 3 is 1.98 bits per heavy atom. The fourth-order valence-corrected chi connectivity index (χ4v) is 5.78. The van der Waals surface area contributed by atoms with E-state index in [1.165, 1.54) is 5.56 Å². The molecule has 8 nitrogen and oxygen atoms in total. The SMILES string of the molecule is C=C(C)C(=O)OCCCCCCOc1ccc(C(=O)Oc2ccc(CNc3ccc(N=Nc4ccc(C(C)(C)C(C)(C)C)cc4)c4ccccc34)cc2)cc1. The Balaban J connectivity index is 1.09. The minimum atomic E-state index is -0.435. The van der Waals surface area contributed by atoms with Crippen LogP contribution in [0.1, 0.15) is 88.7 Å². The van der Waals surface area contributed by atoms with Gasteiger partial charge in [0, 0.05) is 28.6 Å². The Hall–Kier alpha value is -5.76. The summed E-state index contributed by atoms with van der Waals surface area (Å²) in [6.45, 7) is 18.1. The maximum atomic E-state index is 12.8. The van der Waals surface area contributed by atoms with Crippen LogP contribution < -0.4 is 14.8 Å². The van der Waals surface area contributed by atoms with E-state index in [1.807, 2.05) is 48.5 Å². The monoisotopic (exact) mass is 739 g/mol. The Morgan fingerprint density at radius 2 is 1.33 bits per heavy atom. The number of unbranched alkanes of at least 4 members (excludes halogenated alkanes) is 3. The molecule has 1 N–H and O–H groups in total. The summed E-state index contributed by atoms with van der Waals surface area (Å²) in [6.07, 6.45) is 3.61. The molecule has 0 radical (unpaired) electrons. The van der Waals surface area contributed by atoms with E-state index in [9.17, 15) is 9.59 Å². The van der Waals surface area contributed by atoms with Crippen molar-refractivity contribution in [2.75, 3.05) is 18.5 Å². The number of carbonyl (C=O) groups is 2. The number of rotatable bonds is 17. The molecule has 0 amide bonds. The van der Waals surface area contributed by atoms with Crippen molar-refractivity contribution in [3.8, 4) is 11.5 Å². The molecule has 0 unspecified atom stereocenters. The fraction of sp³-hybridized carbons (Fsp3) is 0.319. The van der Waals surface area contributed by atoms with Crippen LogP contribution >= 0.6 is 0 Å². The van der Waals surface area contributed by atoms with Gasteiger partial charge < -0.3 is 19.5 Å². The highest BCUT2D eigenvalue weighted by molar-refractivity contribution is 6.00. The predicted molar refractivity (Wildman–Crippen MR) is 222 cm³/mol. The minimum absolute atomic E-state index is 0.0248. The lowest BCUT2D eigenvalue weighted by Gasteiger charge is -2.39. The first-order valence-electron chi connectivity index (χ1n) is 19.0. The summed E-state index contributed by atoms with van der Waals surface area (Å²) in [4.78, 5) is 24.2. The fourth-order valence-electron chi connectivity index (χ4n) is 5.78. The maximum absolute atomic E-state index is 12.8. The van der Waals surface area contributed by atoms with E-state index in [2.05, 4.69) is 81.0 Å². The van der Waals surface area contributed by atoms with E-state index in [4.69, 9.17) is 14.2 Å². The second kappa shape index (κ2) is 18.5. The molecule has 0 atom stereocenters. The molecule has 5 aromatic rings. The normalized spacial score (nSPS) is 11.7. The second-order valence-electron chi connectivity index (χ2n) is 15.4. The lowest BCUT2D eigenvalue weighted by molar-refractivity contribution is -0.139. The highest BCUT2D eigenvalue weighted by Gasteiger charge is 2.34. The Labute approximate surface area is 325 Å². The van der Waals surface area contributed by atoms with E-state index in [-0.39, 0.29) is 16.8 Å². The molecule has 0 aromatic heterocycles. The van der Waals surface area contributed by atoms with Crippen LogP contribution in [0.2, 0.25) is 0 Å². The maximum Gasteiger partial charge on any atom is 0.343 e. The summed E-state index contributed by atoms with van der Waals surface area (Å²) >= 11 is 0. The molecular formula is C47H53N3O5. The van der Waals surface area contributed by atoms with Gasteiger partial charge in [-0.25, -0.2) is 9.59 Å². The third-order valence-corrected chi connectivity index (χ3v) is 10.2. The van der Waals surface area contributed by atoms with Gasteiger partial charge in [0.05, 0.1) is 30.2 Å². The number of esters is 2. The van der Waals surface area contributed by atoms with Crippen LogP contribution in [0.4, 0.5) is 17.1 Å². The van der Waals surface area contributed by atoms with Crippen molar-refractivity contribution < 1.29 is 23.8 Å². The van der Waals surface area contributed by atoms with E-state index >= 15 is 0 Å². The van der Waals surface area contributed by atoms with Gasteiger partial charge in [-0.3, -0.25) is 0 Å². The molecule has 286 valence electrons. The Morgan fingerprint density at radius 1 is 0.691 bits per heavy atom. The minimum Gasteiger partial charge on any atom is -0.494 e. The van der Waals surface area contributed by atoms with E-state index < -0.39 is 5.97 Å². The smallest absolute Gasteiger partial charge is 0.343 e. The zero-order valence-corrected chi connectivity index (χ0v) is 33.0. The Bertz CT molecular complexity index is 2090. The molecule has 0 aliphatic heterocycles. The highest BCUT2D eigenvalue weighted by atomic mass is 16.5. The number of fused-ring (bicyclic) bond motifs is 1. The first-order chi connectivity index (χ1) is 26.3. The molecule has 8 heteroatoms. The third kappa shape index (κ3) is 11.1. The van der Waals surface area contributed by atoms with Gasteiger partial charge in [-0.15, -0.1) is 5.11 Å². The van der Waals surface area contributed by atoms with Gasteiger partial charge in [0.25, 0.3) is 0 Å². The van der Waals surface area contributed by atoms with Gasteiger partial charge in [-0.2, -0.15) is 5.11 Å². The first-order valence-corrected chi connectivity index (χ1v) is 19.0. The molecule has 55 heavy (non-hydrogen) atoms. The summed E-state index contributed by atoms with van der Waals surface area (Å²) in [5, 5.41) is 14.8. The largest absolute Gasteiger partial charge is 0.494 e. The topological polar surface area (TPSA) is 98.6 Å². The number of hydrogen-bond donors (Lipinski definition) is 1. The number of benzene rings is 5. The van der Waals surface area contributed by atoms with Crippen LogP contribution in [0, 0.1) is 5.41 Å². The number of anilines is 1. The molecule has 0 heterocycles. The van der Waals surface area contributed by atoms with Crippen LogP contribution in [-0.2, 0) is 21.5 Å². The van der Waals surface area contributed by atoms with Crippen molar-refractivity contribution >= 4 is 39.8 Å². The lowest BCUT2D eigenvalue weighted by atomic mass is 9.65. The number of hydrogen-bond acceptors (Lipinski definition) is 8. The quantitative estimate of drug-likeness (QED) is 0.0335. The molecule has 0 saturated heterocycles. The average molecular weight is 740 g/mol. The van der Waals surface area contributed by atoms with Crippen LogP contribution in [0.15, 0.2) is 132 Å². The van der Waals surface area contributed by atoms with Crippen LogP contribution in [0.5, 0.6) is 11.5 Å². The van der Waals surface area contributed by atoms with Crippen LogP contribution in [0.3, 0.4) is 0 Å². The van der Waals surface area contributed by atoms with Crippen LogP contribution in [0.25, 0.3) is 10.8 Å². The zero-order chi connectivity index (χ0) is 39.4. The summed E-state index contributed by atoms with van der Waals surface area (Å²) in [6, 6.07) is 35.0. The van der Waals surface area contributed by atoms with Crippen molar-refractivity contribution in [3.63, 3.8) is 0 Å². The predicted octanol–water partition coefficient (Wildman–Crippen LogP) is 12.5. The first kappa shape index (κ1) is 40.4. The van der Waals surface area contributed by atoms with Gasteiger partial charge in [0.2, 0.25) is 0 Å². The van der Waals surface area contributed by atoms with Gasteiger partial charge in [-0.05, 0) is 115 Å². The van der Waals surface area contributed by atoms with Gasteiger partial charge >= 0.3 is 11.9 Å². The van der Waals surface area contributed by atoms with Gasteiger partial charge in [0.1, 0.15) is 11.5 Å². The number of ether oxygens (including phenoxy) is 3. The zero-order valence-electron chi connectivity index (χ0n) is 33.0.